The summed E-state index contributed by atoms with van der Waals surface area (Å²) in [6.45, 7) is 8.83. The van der Waals surface area contributed by atoms with Crippen LogP contribution in [0.2, 0.25) is 0 Å². The van der Waals surface area contributed by atoms with Crippen LogP contribution in [-0.4, -0.2) is 72.7 Å². The number of methoxy groups -OCH3 is 1. The number of halogens is 6. The van der Waals surface area contributed by atoms with E-state index in [0.29, 0.717) is 0 Å². The van der Waals surface area contributed by atoms with E-state index in [-0.39, 0.29) is 0 Å². The molecule has 0 aliphatic carbocycles. The summed E-state index contributed by atoms with van der Waals surface area (Å²) in [7, 11) is -9.42. The third-order valence-corrected chi connectivity index (χ3v) is 5.88. The van der Waals surface area contributed by atoms with Gasteiger partial charge >= 0.3 is 11.0 Å². The summed E-state index contributed by atoms with van der Waals surface area (Å²) in [4.78, 5) is 0. The average molecular weight is 426 g/mol. The first-order chi connectivity index (χ1) is 10.9. The van der Waals surface area contributed by atoms with Gasteiger partial charge in [-0.2, -0.15) is 26.3 Å². The van der Waals surface area contributed by atoms with E-state index in [9.17, 15) is 43.2 Å². The second-order valence-corrected chi connectivity index (χ2v) is 8.31. The van der Waals surface area contributed by atoms with Crippen LogP contribution in [0, 0.1) is 0 Å². The molecule has 154 valence electrons. The largest absolute Gasteiger partial charge is 0.480 e. The lowest BCUT2D eigenvalue weighted by Crippen LogP contribution is -2.45. The molecule has 0 amide bonds. The first-order valence-electron chi connectivity index (χ1n) is 6.58. The minimum atomic E-state index is -6.72. The van der Waals surface area contributed by atoms with Crippen LogP contribution in [0.1, 0.15) is 13.8 Å². The van der Waals surface area contributed by atoms with Crippen LogP contribution >= 0.6 is 0 Å². The van der Waals surface area contributed by atoms with Gasteiger partial charge in [-0.25, -0.2) is 16.8 Å². The standard InChI is InChI=1S/C8H20NO.C2F6NO4S2/c1-5-9(3,6-2)7-8-10-4;3-1(4,5)14(10,11)9-15(12,13)2(6,7)8/h5-8H2,1-4H3;/q+1;-1. The van der Waals surface area contributed by atoms with Gasteiger partial charge in [0.15, 0.2) is 20.0 Å². The molecule has 0 aromatic heterocycles. The SMILES string of the molecule is CC[N+](C)(CC)CCOC.O=S(=O)([N-]S(=O)(=O)C(F)(F)F)C(F)(F)F. The molecule has 0 radical (unpaired) electrons. The van der Waals surface area contributed by atoms with Crippen LogP contribution in [0.15, 0.2) is 0 Å². The Morgan fingerprint density at radius 1 is 0.880 bits per heavy atom. The Hall–Kier alpha value is -0.640. The lowest BCUT2D eigenvalue weighted by Gasteiger charge is -2.31. The summed E-state index contributed by atoms with van der Waals surface area (Å²) in [6, 6.07) is 0. The van der Waals surface area contributed by atoms with E-state index >= 15 is 0 Å². The average Bonchev–Trinajstić information content (AvgIpc) is 2.42. The summed E-state index contributed by atoms with van der Waals surface area (Å²) >= 11 is 0. The molecule has 25 heavy (non-hydrogen) atoms. The molecule has 0 saturated carbocycles. The van der Waals surface area contributed by atoms with Crippen molar-refractivity contribution in [3.8, 4) is 0 Å². The van der Waals surface area contributed by atoms with Gasteiger partial charge in [-0.15, -0.1) is 0 Å². The fraction of sp³-hybridized carbons (Fsp3) is 1.00. The fourth-order valence-electron chi connectivity index (χ4n) is 1.07. The molecule has 15 heteroatoms. The summed E-state index contributed by atoms with van der Waals surface area (Å²) in [5, 5.41) is 0. The summed E-state index contributed by atoms with van der Waals surface area (Å²) in [6.07, 6.45) is 0. The van der Waals surface area contributed by atoms with Crippen LogP contribution in [0.5, 0.6) is 0 Å². The van der Waals surface area contributed by atoms with E-state index in [1.807, 2.05) is 0 Å². The van der Waals surface area contributed by atoms with Crippen molar-refractivity contribution in [2.24, 2.45) is 0 Å². The monoisotopic (exact) mass is 426 g/mol. The highest BCUT2D eigenvalue weighted by molar-refractivity contribution is 8.13. The maximum absolute atomic E-state index is 11.4. The van der Waals surface area contributed by atoms with Gasteiger partial charge in [0.1, 0.15) is 6.54 Å². The van der Waals surface area contributed by atoms with Crippen molar-refractivity contribution < 1.29 is 52.4 Å². The van der Waals surface area contributed by atoms with Crippen molar-refractivity contribution in [1.29, 1.82) is 0 Å². The smallest absolute Gasteiger partial charge is 0.421 e. The Morgan fingerprint density at radius 2 is 1.20 bits per heavy atom. The molecule has 0 N–H and O–H groups in total. The number of sulfonamides is 2. The molecule has 0 rings (SSSR count). The quantitative estimate of drug-likeness (QED) is 0.460. The van der Waals surface area contributed by atoms with Crippen molar-refractivity contribution in [3.05, 3.63) is 4.13 Å². The highest BCUT2D eigenvalue weighted by Gasteiger charge is 2.46. The van der Waals surface area contributed by atoms with E-state index in [2.05, 4.69) is 20.9 Å². The molecule has 0 spiro atoms. The van der Waals surface area contributed by atoms with Gasteiger partial charge in [0, 0.05) is 7.11 Å². The predicted molar refractivity (Wildman–Crippen MR) is 77.3 cm³/mol. The number of hydrogen-bond acceptors (Lipinski definition) is 5. The highest BCUT2D eigenvalue weighted by atomic mass is 32.3. The van der Waals surface area contributed by atoms with Gasteiger partial charge in [0.2, 0.25) is 0 Å². The van der Waals surface area contributed by atoms with Crippen molar-refractivity contribution in [1.82, 2.24) is 0 Å². The number of alkyl halides is 6. The van der Waals surface area contributed by atoms with Crippen molar-refractivity contribution >= 4 is 20.0 Å². The van der Waals surface area contributed by atoms with Gasteiger partial charge in [-0.05, 0) is 13.8 Å². The normalized spacial score (nSPS) is 14.0. The van der Waals surface area contributed by atoms with Gasteiger partial charge < -0.3 is 13.3 Å². The molecule has 7 nitrogen and oxygen atoms in total. The maximum Gasteiger partial charge on any atom is 0.480 e. The van der Waals surface area contributed by atoms with E-state index < -0.39 is 31.1 Å². The lowest BCUT2D eigenvalue weighted by molar-refractivity contribution is -0.906. The van der Waals surface area contributed by atoms with Crippen LogP contribution < -0.4 is 0 Å². The fourth-order valence-corrected chi connectivity index (χ4v) is 2.77. The molecule has 0 heterocycles. The van der Waals surface area contributed by atoms with Gasteiger partial charge in [-0.3, -0.25) is 0 Å². The zero-order chi connectivity index (χ0) is 20.7. The second-order valence-electron chi connectivity index (χ2n) is 4.88. The summed E-state index contributed by atoms with van der Waals surface area (Å²) in [5.74, 6) is 0. The van der Waals surface area contributed by atoms with Crippen LogP contribution in [0.25, 0.3) is 4.13 Å². The lowest BCUT2D eigenvalue weighted by atomic mass is 10.4. The van der Waals surface area contributed by atoms with Crippen molar-refractivity contribution in [2.45, 2.75) is 24.9 Å². The zero-order valence-corrected chi connectivity index (χ0v) is 15.5. The minimum Gasteiger partial charge on any atom is -0.421 e. The Bertz CT molecular complexity index is 554. The Kier molecular flexibility index (Phi) is 9.93. The number of likely N-dealkylation sites (N-methyl/N-ethyl adjacent to an activating group) is 1. The summed E-state index contributed by atoms with van der Waals surface area (Å²) < 4.78 is 115. The first-order valence-corrected chi connectivity index (χ1v) is 9.46. The second kappa shape index (κ2) is 9.34. The third kappa shape index (κ3) is 9.03. The van der Waals surface area contributed by atoms with Crippen molar-refractivity contribution in [3.63, 3.8) is 0 Å². The van der Waals surface area contributed by atoms with Crippen LogP contribution in [0.4, 0.5) is 26.3 Å². The molecule has 0 aromatic carbocycles. The number of ether oxygens (including phenoxy) is 1. The zero-order valence-electron chi connectivity index (χ0n) is 13.8. The number of quaternary nitrogens is 1. The molecule has 0 aromatic rings. The molecule has 0 aliphatic rings. The molecule has 0 fully saturated rings. The van der Waals surface area contributed by atoms with E-state index in [4.69, 9.17) is 4.74 Å². The third-order valence-electron chi connectivity index (χ3n) is 3.14. The highest BCUT2D eigenvalue weighted by Crippen LogP contribution is 2.36. The maximum atomic E-state index is 11.4. The van der Waals surface area contributed by atoms with Gasteiger partial charge in [0.25, 0.3) is 0 Å². The van der Waals surface area contributed by atoms with E-state index in [0.717, 1.165) is 21.8 Å². The molecular formula is C10H20F6N2O5S2. The minimum absolute atomic E-state index is 0.778. The van der Waals surface area contributed by atoms with Gasteiger partial charge in [-0.1, -0.05) is 0 Å². The van der Waals surface area contributed by atoms with E-state index in [1.54, 1.807) is 7.11 Å². The Morgan fingerprint density at radius 3 is 1.40 bits per heavy atom. The number of rotatable bonds is 7. The Balaban J connectivity index is 0. The molecule has 0 saturated heterocycles. The summed E-state index contributed by atoms with van der Waals surface area (Å²) in [5.41, 5.74) is -12.4. The molecule has 0 atom stereocenters. The van der Waals surface area contributed by atoms with Gasteiger partial charge in [0.05, 0.1) is 26.7 Å². The molecule has 0 unspecified atom stereocenters. The molecular weight excluding hydrogens is 406 g/mol. The molecule has 0 bridgehead atoms. The van der Waals surface area contributed by atoms with E-state index in [1.165, 1.54) is 13.1 Å². The number of nitrogens with zero attached hydrogens (tertiary/aromatic N) is 2. The topological polar surface area (TPSA) is 91.6 Å². The van der Waals surface area contributed by atoms with Crippen LogP contribution in [-0.2, 0) is 24.8 Å². The number of hydrogen-bond donors (Lipinski definition) is 0. The first kappa shape index (κ1) is 26.6. The molecule has 0 aliphatic heterocycles. The Labute approximate surface area is 142 Å². The van der Waals surface area contributed by atoms with Crippen molar-refractivity contribution in [2.75, 3.05) is 40.4 Å². The van der Waals surface area contributed by atoms with Crippen LogP contribution in [0.3, 0.4) is 0 Å². The predicted octanol–water partition coefficient (Wildman–Crippen LogP) is 2.18.